The Morgan fingerprint density at radius 2 is 1.96 bits per heavy atom. The van der Waals surface area contributed by atoms with Crippen molar-refractivity contribution in [2.75, 3.05) is 13.1 Å². The van der Waals surface area contributed by atoms with Crippen LogP contribution in [-0.4, -0.2) is 47.6 Å². The van der Waals surface area contributed by atoms with E-state index in [2.05, 4.69) is 30.9 Å². The Hall–Kier alpha value is -2.28. The van der Waals surface area contributed by atoms with Crippen molar-refractivity contribution in [3.05, 3.63) is 41.1 Å². The standard InChI is InChI=1S/C18H23N7/c1-13-4-5-17-19-20-18(25(17)21-13)14-6-9-23(10-7-14)12-15-11-16-3-2-8-24(16)22-15/h4-5,11,14H,2-3,6-10,12H2,1H3. The molecule has 0 aromatic carbocycles. The van der Waals surface area contributed by atoms with Gasteiger partial charge in [0.1, 0.15) is 0 Å². The summed E-state index contributed by atoms with van der Waals surface area (Å²) in [5.74, 6) is 1.45. The van der Waals surface area contributed by atoms with Gasteiger partial charge in [0.25, 0.3) is 0 Å². The summed E-state index contributed by atoms with van der Waals surface area (Å²) in [5.41, 5.74) is 4.47. The normalized spacial score (nSPS) is 18.9. The Morgan fingerprint density at radius 1 is 1.08 bits per heavy atom. The zero-order valence-electron chi connectivity index (χ0n) is 14.6. The summed E-state index contributed by atoms with van der Waals surface area (Å²) in [7, 11) is 0. The van der Waals surface area contributed by atoms with Crippen LogP contribution in [0.4, 0.5) is 0 Å². The molecule has 3 aromatic rings. The first-order chi connectivity index (χ1) is 12.3. The van der Waals surface area contributed by atoms with E-state index in [4.69, 9.17) is 5.10 Å². The van der Waals surface area contributed by atoms with Gasteiger partial charge in [0.2, 0.25) is 0 Å². The van der Waals surface area contributed by atoms with Gasteiger partial charge in [0.05, 0.1) is 11.4 Å². The number of hydrogen-bond acceptors (Lipinski definition) is 5. The summed E-state index contributed by atoms with van der Waals surface area (Å²) in [5, 5.41) is 18.0. The molecule has 130 valence electrons. The number of hydrogen-bond donors (Lipinski definition) is 0. The number of likely N-dealkylation sites (tertiary alicyclic amines) is 1. The summed E-state index contributed by atoms with van der Waals surface area (Å²) >= 11 is 0. The van der Waals surface area contributed by atoms with Crippen LogP contribution in [0.15, 0.2) is 18.2 Å². The van der Waals surface area contributed by atoms with Gasteiger partial charge in [-0.3, -0.25) is 9.58 Å². The fraction of sp³-hybridized carbons (Fsp3) is 0.556. The van der Waals surface area contributed by atoms with Gasteiger partial charge in [-0.05, 0) is 63.9 Å². The molecule has 1 saturated heterocycles. The molecule has 0 N–H and O–H groups in total. The zero-order chi connectivity index (χ0) is 16.8. The van der Waals surface area contributed by atoms with Crippen molar-refractivity contribution in [2.24, 2.45) is 0 Å². The molecule has 0 atom stereocenters. The molecule has 3 aromatic heterocycles. The fourth-order valence-corrected chi connectivity index (χ4v) is 4.13. The topological polar surface area (TPSA) is 64.1 Å². The van der Waals surface area contributed by atoms with Crippen LogP contribution in [0.25, 0.3) is 5.65 Å². The second kappa shape index (κ2) is 5.91. The summed E-state index contributed by atoms with van der Waals surface area (Å²) in [6.45, 7) is 6.21. The van der Waals surface area contributed by atoms with Crippen LogP contribution in [0.3, 0.4) is 0 Å². The molecule has 2 aliphatic heterocycles. The van der Waals surface area contributed by atoms with E-state index in [1.807, 2.05) is 23.6 Å². The summed E-state index contributed by atoms with van der Waals surface area (Å²) < 4.78 is 4.11. The Morgan fingerprint density at radius 3 is 2.80 bits per heavy atom. The third-order valence-corrected chi connectivity index (χ3v) is 5.48. The number of nitrogens with zero attached hydrogens (tertiary/aromatic N) is 7. The van der Waals surface area contributed by atoms with E-state index in [0.29, 0.717) is 5.92 Å². The molecule has 2 aliphatic rings. The predicted octanol–water partition coefficient (Wildman–Crippen LogP) is 1.96. The van der Waals surface area contributed by atoms with Gasteiger partial charge in [0.15, 0.2) is 11.5 Å². The van der Waals surface area contributed by atoms with Gasteiger partial charge >= 0.3 is 0 Å². The van der Waals surface area contributed by atoms with Gasteiger partial charge in [-0.15, -0.1) is 10.2 Å². The minimum Gasteiger partial charge on any atom is -0.297 e. The van der Waals surface area contributed by atoms with E-state index in [1.165, 1.54) is 24.2 Å². The van der Waals surface area contributed by atoms with Gasteiger partial charge in [-0.2, -0.15) is 14.7 Å². The van der Waals surface area contributed by atoms with E-state index < -0.39 is 0 Å². The molecule has 7 nitrogen and oxygen atoms in total. The smallest absolute Gasteiger partial charge is 0.177 e. The summed E-state index contributed by atoms with van der Waals surface area (Å²) in [6, 6.07) is 6.27. The van der Waals surface area contributed by atoms with Crippen LogP contribution >= 0.6 is 0 Å². The SMILES string of the molecule is Cc1ccc2nnc(C3CCN(Cc4cc5n(n4)CCC5)CC3)n2n1. The highest BCUT2D eigenvalue weighted by Crippen LogP contribution is 2.27. The molecule has 5 heterocycles. The first kappa shape index (κ1) is 15.0. The predicted molar refractivity (Wildman–Crippen MR) is 93.3 cm³/mol. The Labute approximate surface area is 146 Å². The van der Waals surface area contributed by atoms with Crippen molar-refractivity contribution in [3.63, 3.8) is 0 Å². The highest BCUT2D eigenvalue weighted by Gasteiger charge is 2.26. The van der Waals surface area contributed by atoms with E-state index in [-0.39, 0.29) is 0 Å². The minimum atomic E-state index is 0.438. The van der Waals surface area contributed by atoms with Crippen molar-refractivity contribution in [1.82, 2.24) is 34.5 Å². The second-order valence-electron chi connectivity index (χ2n) is 7.31. The van der Waals surface area contributed by atoms with Crippen LogP contribution in [-0.2, 0) is 19.5 Å². The lowest BCUT2D eigenvalue weighted by molar-refractivity contribution is 0.198. The average Bonchev–Trinajstić information content (AvgIpc) is 3.30. The van der Waals surface area contributed by atoms with Crippen molar-refractivity contribution < 1.29 is 0 Å². The molecule has 0 radical (unpaired) electrons. The van der Waals surface area contributed by atoms with Crippen LogP contribution in [0.5, 0.6) is 0 Å². The summed E-state index contributed by atoms with van der Waals surface area (Å²) in [4.78, 5) is 2.51. The lowest BCUT2D eigenvalue weighted by Crippen LogP contribution is -2.33. The molecule has 0 bridgehead atoms. The van der Waals surface area contributed by atoms with Gasteiger partial charge < -0.3 is 0 Å². The second-order valence-corrected chi connectivity index (χ2v) is 7.31. The van der Waals surface area contributed by atoms with Crippen molar-refractivity contribution in [3.8, 4) is 0 Å². The number of aryl methyl sites for hydroxylation is 3. The lowest BCUT2D eigenvalue weighted by Gasteiger charge is -2.30. The third kappa shape index (κ3) is 2.72. The highest BCUT2D eigenvalue weighted by atomic mass is 15.4. The van der Waals surface area contributed by atoms with Crippen LogP contribution < -0.4 is 0 Å². The van der Waals surface area contributed by atoms with Crippen molar-refractivity contribution in [2.45, 2.75) is 51.6 Å². The maximum atomic E-state index is 4.74. The highest BCUT2D eigenvalue weighted by molar-refractivity contribution is 5.36. The third-order valence-electron chi connectivity index (χ3n) is 5.48. The molecule has 1 fully saturated rings. The zero-order valence-corrected chi connectivity index (χ0v) is 14.6. The molecule has 0 saturated carbocycles. The number of piperidine rings is 1. The molecular weight excluding hydrogens is 314 g/mol. The summed E-state index contributed by atoms with van der Waals surface area (Å²) in [6.07, 6.45) is 4.63. The van der Waals surface area contributed by atoms with Gasteiger partial charge in [-0.25, -0.2) is 0 Å². The Bertz CT molecular complexity index is 880. The first-order valence-electron chi connectivity index (χ1n) is 9.23. The van der Waals surface area contributed by atoms with Crippen LogP contribution in [0, 0.1) is 6.92 Å². The monoisotopic (exact) mass is 337 g/mol. The van der Waals surface area contributed by atoms with Crippen LogP contribution in [0.1, 0.15) is 48.1 Å². The van der Waals surface area contributed by atoms with Crippen molar-refractivity contribution in [1.29, 1.82) is 0 Å². The molecule has 0 amide bonds. The Kier molecular flexibility index (Phi) is 3.55. The first-order valence-corrected chi connectivity index (χ1v) is 9.23. The molecule has 7 heteroatoms. The quantitative estimate of drug-likeness (QED) is 0.731. The van der Waals surface area contributed by atoms with E-state index in [1.54, 1.807) is 0 Å². The number of fused-ring (bicyclic) bond motifs is 2. The maximum absolute atomic E-state index is 4.74. The van der Waals surface area contributed by atoms with Gasteiger partial charge in [0, 0.05) is 24.7 Å². The van der Waals surface area contributed by atoms with E-state index in [9.17, 15) is 0 Å². The Balaban J connectivity index is 1.26. The average molecular weight is 337 g/mol. The lowest BCUT2D eigenvalue weighted by atomic mass is 9.96. The van der Waals surface area contributed by atoms with Gasteiger partial charge in [-0.1, -0.05) is 0 Å². The molecule has 0 spiro atoms. The fourth-order valence-electron chi connectivity index (χ4n) is 4.13. The molecular formula is C18H23N7. The molecule has 25 heavy (non-hydrogen) atoms. The van der Waals surface area contributed by atoms with Crippen molar-refractivity contribution >= 4 is 5.65 Å². The van der Waals surface area contributed by atoms with Crippen LogP contribution in [0.2, 0.25) is 0 Å². The molecule has 5 rings (SSSR count). The maximum Gasteiger partial charge on any atom is 0.177 e. The molecule has 0 aliphatic carbocycles. The number of rotatable bonds is 3. The molecule has 0 unspecified atom stereocenters. The number of aromatic nitrogens is 6. The minimum absolute atomic E-state index is 0.438. The van der Waals surface area contributed by atoms with E-state index in [0.717, 1.165) is 56.2 Å². The van der Waals surface area contributed by atoms with E-state index >= 15 is 0 Å². The largest absolute Gasteiger partial charge is 0.297 e.